The number of ether oxygens (including phenoxy) is 1. The highest BCUT2D eigenvalue weighted by Crippen LogP contribution is 2.26. The molecule has 0 saturated carbocycles. The van der Waals surface area contributed by atoms with E-state index in [2.05, 4.69) is 5.32 Å². The Balaban J connectivity index is 2.28. The highest BCUT2D eigenvalue weighted by atomic mass is 32.2. The topological polar surface area (TPSA) is 75.7 Å². The average molecular weight is 419 g/mol. The number of benzene rings is 2. The van der Waals surface area contributed by atoms with Gasteiger partial charge in [-0.15, -0.1) is 0 Å². The van der Waals surface area contributed by atoms with E-state index in [0.29, 0.717) is 12.1 Å². The summed E-state index contributed by atoms with van der Waals surface area (Å²) in [7, 11) is -2.02. The number of carbonyl (C=O) groups excluding carboxylic acids is 1. The van der Waals surface area contributed by atoms with Crippen LogP contribution in [-0.4, -0.2) is 33.7 Å². The van der Waals surface area contributed by atoms with Gasteiger partial charge in [0.1, 0.15) is 11.8 Å². The van der Waals surface area contributed by atoms with Crippen LogP contribution in [0.1, 0.15) is 43.0 Å². The summed E-state index contributed by atoms with van der Waals surface area (Å²) in [5.74, 6) is 0.433. The highest BCUT2D eigenvalue weighted by molar-refractivity contribution is 7.92. The van der Waals surface area contributed by atoms with Crippen LogP contribution < -0.4 is 14.4 Å². The summed E-state index contributed by atoms with van der Waals surface area (Å²) in [6, 6.07) is 11.7. The van der Waals surface area contributed by atoms with Crippen LogP contribution >= 0.6 is 0 Å². The van der Waals surface area contributed by atoms with Crippen molar-refractivity contribution in [3.05, 3.63) is 59.2 Å². The van der Waals surface area contributed by atoms with Crippen LogP contribution in [0.25, 0.3) is 0 Å². The minimum atomic E-state index is -3.64. The first-order chi connectivity index (χ1) is 13.6. The SMILES string of the molecule is CC[C@@H](NC(=O)[C@H](C)N(c1ccc(C)cc1)S(C)(=O)=O)c1ccc(OC)c(C)c1. The minimum absolute atomic E-state index is 0.228. The zero-order valence-corrected chi connectivity index (χ0v) is 18.7. The molecule has 1 amide bonds. The molecule has 0 saturated heterocycles. The van der Waals surface area contributed by atoms with Crippen molar-refractivity contribution in [1.29, 1.82) is 0 Å². The first-order valence-corrected chi connectivity index (χ1v) is 11.4. The van der Waals surface area contributed by atoms with E-state index in [9.17, 15) is 13.2 Å². The molecule has 0 heterocycles. The molecule has 0 fully saturated rings. The highest BCUT2D eigenvalue weighted by Gasteiger charge is 2.30. The summed E-state index contributed by atoms with van der Waals surface area (Å²) in [5.41, 5.74) is 3.41. The number of nitrogens with one attached hydrogen (secondary N) is 1. The van der Waals surface area contributed by atoms with Crippen LogP contribution in [0.15, 0.2) is 42.5 Å². The van der Waals surface area contributed by atoms with Gasteiger partial charge in [0.25, 0.3) is 0 Å². The number of carbonyl (C=O) groups is 1. The van der Waals surface area contributed by atoms with E-state index < -0.39 is 16.1 Å². The van der Waals surface area contributed by atoms with Gasteiger partial charge in [0.05, 0.1) is 25.1 Å². The van der Waals surface area contributed by atoms with E-state index in [0.717, 1.165) is 33.0 Å². The van der Waals surface area contributed by atoms with Crippen molar-refractivity contribution in [2.24, 2.45) is 0 Å². The molecular weight excluding hydrogens is 388 g/mol. The predicted molar refractivity (Wildman–Crippen MR) is 117 cm³/mol. The van der Waals surface area contributed by atoms with Crippen molar-refractivity contribution in [3.63, 3.8) is 0 Å². The predicted octanol–water partition coefficient (Wildman–Crippen LogP) is 3.73. The van der Waals surface area contributed by atoms with E-state index in [1.54, 1.807) is 26.2 Å². The molecule has 2 atom stereocenters. The summed E-state index contributed by atoms with van der Waals surface area (Å²) in [4.78, 5) is 13.0. The Labute approximate surface area is 173 Å². The Kier molecular flexibility index (Phi) is 7.30. The fourth-order valence-corrected chi connectivity index (χ4v) is 4.51. The number of amides is 1. The molecule has 0 unspecified atom stereocenters. The van der Waals surface area contributed by atoms with Gasteiger partial charge in [-0.2, -0.15) is 0 Å². The first kappa shape index (κ1) is 22.7. The van der Waals surface area contributed by atoms with Crippen LogP contribution in [0.5, 0.6) is 5.75 Å². The average Bonchev–Trinajstić information content (AvgIpc) is 2.66. The lowest BCUT2D eigenvalue weighted by molar-refractivity contribution is -0.122. The molecule has 0 aliphatic carbocycles. The molecule has 2 aromatic rings. The maximum atomic E-state index is 13.0. The van der Waals surface area contributed by atoms with Crippen LogP contribution in [0.4, 0.5) is 5.69 Å². The quantitative estimate of drug-likeness (QED) is 0.709. The van der Waals surface area contributed by atoms with Crippen molar-refractivity contribution in [2.45, 2.75) is 46.2 Å². The van der Waals surface area contributed by atoms with E-state index in [1.165, 1.54) is 0 Å². The first-order valence-electron chi connectivity index (χ1n) is 9.59. The molecule has 0 aromatic heterocycles. The molecule has 1 N–H and O–H groups in total. The van der Waals surface area contributed by atoms with Crippen LogP contribution in [0, 0.1) is 13.8 Å². The molecule has 6 nitrogen and oxygen atoms in total. The molecule has 0 bridgehead atoms. The third-order valence-electron chi connectivity index (χ3n) is 4.92. The number of hydrogen-bond donors (Lipinski definition) is 1. The molecule has 2 aromatic carbocycles. The number of hydrogen-bond acceptors (Lipinski definition) is 4. The fourth-order valence-electron chi connectivity index (χ4n) is 3.33. The molecule has 7 heteroatoms. The number of rotatable bonds is 8. The van der Waals surface area contributed by atoms with Gasteiger partial charge < -0.3 is 10.1 Å². The van der Waals surface area contributed by atoms with Crippen molar-refractivity contribution >= 4 is 21.6 Å². The Hall–Kier alpha value is -2.54. The molecule has 2 rings (SSSR count). The molecule has 158 valence electrons. The van der Waals surface area contributed by atoms with Gasteiger partial charge >= 0.3 is 0 Å². The minimum Gasteiger partial charge on any atom is -0.496 e. The van der Waals surface area contributed by atoms with Gasteiger partial charge in [-0.05, 0) is 56.5 Å². The van der Waals surface area contributed by atoms with Crippen molar-refractivity contribution in [2.75, 3.05) is 17.7 Å². The van der Waals surface area contributed by atoms with Crippen molar-refractivity contribution < 1.29 is 17.9 Å². The number of aryl methyl sites for hydroxylation is 2. The normalized spacial score (nSPS) is 13.4. The number of sulfonamides is 1. The van der Waals surface area contributed by atoms with Gasteiger partial charge in [0.2, 0.25) is 15.9 Å². The van der Waals surface area contributed by atoms with Crippen LogP contribution in [-0.2, 0) is 14.8 Å². The van der Waals surface area contributed by atoms with Gasteiger partial charge in [-0.3, -0.25) is 9.10 Å². The Morgan fingerprint density at radius 3 is 2.24 bits per heavy atom. The summed E-state index contributed by atoms with van der Waals surface area (Å²) in [5, 5.41) is 3.00. The van der Waals surface area contributed by atoms with Gasteiger partial charge in [-0.1, -0.05) is 36.8 Å². The molecule has 0 aliphatic rings. The van der Waals surface area contributed by atoms with Crippen LogP contribution in [0.2, 0.25) is 0 Å². The Morgan fingerprint density at radius 1 is 1.14 bits per heavy atom. The molecule has 0 aliphatic heterocycles. The van der Waals surface area contributed by atoms with Gasteiger partial charge in [0.15, 0.2) is 0 Å². The Morgan fingerprint density at radius 2 is 1.76 bits per heavy atom. The second-order valence-electron chi connectivity index (χ2n) is 7.27. The molecular formula is C22H30N2O4S. The van der Waals surface area contributed by atoms with E-state index in [-0.39, 0.29) is 11.9 Å². The standard InChI is InChI=1S/C22H30N2O4S/c1-7-20(18-10-13-21(28-5)16(3)14-18)23-22(25)17(4)24(29(6,26)27)19-11-8-15(2)9-12-19/h8-14,17,20H,7H2,1-6H3,(H,23,25)/t17-,20+/m0/s1. The zero-order chi connectivity index (χ0) is 21.8. The maximum absolute atomic E-state index is 13.0. The third kappa shape index (κ3) is 5.50. The zero-order valence-electron chi connectivity index (χ0n) is 17.9. The number of anilines is 1. The monoisotopic (exact) mass is 418 g/mol. The summed E-state index contributed by atoms with van der Waals surface area (Å²) in [6.45, 7) is 7.45. The number of nitrogens with zero attached hydrogens (tertiary/aromatic N) is 1. The smallest absolute Gasteiger partial charge is 0.244 e. The summed E-state index contributed by atoms with van der Waals surface area (Å²) in [6.07, 6.45) is 1.79. The molecule has 29 heavy (non-hydrogen) atoms. The lowest BCUT2D eigenvalue weighted by Crippen LogP contribution is -2.48. The third-order valence-corrected chi connectivity index (χ3v) is 6.16. The fraction of sp³-hybridized carbons (Fsp3) is 0.409. The van der Waals surface area contributed by atoms with E-state index in [4.69, 9.17) is 4.74 Å². The van der Waals surface area contributed by atoms with Crippen molar-refractivity contribution in [3.8, 4) is 5.75 Å². The second-order valence-corrected chi connectivity index (χ2v) is 9.13. The second kappa shape index (κ2) is 9.31. The van der Waals surface area contributed by atoms with Crippen LogP contribution in [0.3, 0.4) is 0 Å². The Bertz CT molecular complexity index is 955. The summed E-state index contributed by atoms with van der Waals surface area (Å²) >= 11 is 0. The summed E-state index contributed by atoms with van der Waals surface area (Å²) < 4.78 is 31.3. The number of methoxy groups -OCH3 is 1. The van der Waals surface area contributed by atoms with E-state index >= 15 is 0 Å². The molecule has 0 radical (unpaired) electrons. The lowest BCUT2D eigenvalue weighted by Gasteiger charge is -2.30. The lowest BCUT2D eigenvalue weighted by atomic mass is 10.0. The molecule has 0 spiro atoms. The largest absolute Gasteiger partial charge is 0.496 e. The van der Waals surface area contributed by atoms with Gasteiger partial charge in [-0.25, -0.2) is 8.42 Å². The van der Waals surface area contributed by atoms with Crippen molar-refractivity contribution in [1.82, 2.24) is 5.32 Å². The van der Waals surface area contributed by atoms with Gasteiger partial charge in [0, 0.05) is 0 Å². The maximum Gasteiger partial charge on any atom is 0.244 e. The van der Waals surface area contributed by atoms with E-state index in [1.807, 2.05) is 51.1 Å².